The Morgan fingerprint density at radius 1 is 1.38 bits per heavy atom. The summed E-state index contributed by atoms with van der Waals surface area (Å²) < 4.78 is 7.54. The maximum atomic E-state index is 12.6. The molecular weight excluding hydrogens is 268 g/mol. The molecule has 2 heterocycles. The smallest absolute Gasteiger partial charge is 0.257 e. The molecule has 1 amide bonds. The highest BCUT2D eigenvalue weighted by molar-refractivity contribution is 5.96. The van der Waals surface area contributed by atoms with E-state index < -0.39 is 0 Å². The van der Waals surface area contributed by atoms with Crippen molar-refractivity contribution in [3.8, 4) is 0 Å². The van der Waals surface area contributed by atoms with E-state index in [0.717, 1.165) is 55.9 Å². The third-order valence-electron chi connectivity index (χ3n) is 4.15. The summed E-state index contributed by atoms with van der Waals surface area (Å²) in [6.45, 7) is 6.71. The van der Waals surface area contributed by atoms with Crippen LogP contribution in [0.2, 0.25) is 0 Å². The first-order valence-corrected chi connectivity index (χ1v) is 7.65. The van der Waals surface area contributed by atoms with Gasteiger partial charge in [-0.1, -0.05) is 0 Å². The van der Waals surface area contributed by atoms with Crippen molar-refractivity contribution < 1.29 is 9.53 Å². The number of hydrogen-bond donors (Lipinski definition) is 1. The monoisotopic (exact) mass is 294 g/mol. The predicted molar refractivity (Wildman–Crippen MR) is 81.2 cm³/mol. The Bertz CT molecular complexity index is 490. The zero-order valence-corrected chi connectivity index (χ0v) is 13.3. The molecule has 0 atom stereocenters. The summed E-state index contributed by atoms with van der Waals surface area (Å²) in [5.41, 5.74) is 7.95. The highest BCUT2D eigenvalue weighted by atomic mass is 16.5. The third-order valence-corrected chi connectivity index (χ3v) is 4.15. The number of aryl methyl sites for hydroxylation is 2. The molecule has 1 aromatic heterocycles. The van der Waals surface area contributed by atoms with Gasteiger partial charge in [-0.05, 0) is 39.7 Å². The first kappa shape index (κ1) is 16.0. The van der Waals surface area contributed by atoms with Gasteiger partial charge in [0.25, 0.3) is 5.91 Å². The Kier molecular flexibility index (Phi) is 5.36. The van der Waals surface area contributed by atoms with E-state index in [4.69, 9.17) is 10.5 Å². The number of aromatic nitrogens is 2. The fraction of sp³-hybridized carbons (Fsp3) is 0.733. The summed E-state index contributed by atoms with van der Waals surface area (Å²) in [6, 6.07) is 0. The minimum absolute atomic E-state index is 0.0958. The van der Waals surface area contributed by atoms with Crippen LogP contribution >= 0.6 is 0 Å². The van der Waals surface area contributed by atoms with Gasteiger partial charge in [-0.15, -0.1) is 0 Å². The van der Waals surface area contributed by atoms with Gasteiger partial charge in [0, 0.05) is 32.4 Å². The van der Waals surface area contributed by atoms with E-state index >= 15 is 0 Å². The van der Waals surface area contributed by atoms with Gasteiger partial charge in [0.1, 0.15) is 0 Å². The Morgan fingerprint density at radius 2 is 2.05 bits per heavy atom. The van der Waals surface area contributed by atoms with Crippen LogP contribution in [0.25, 0.3) is 0 Å². The predicted octanol–water partition coefficient (Wildman–Crippen LogP) is 1.01. The number of nitrogens with two attached hydrogens (primary N) is 1. The summed E-state index contributed by atoms with van der Waals surface area (Å²) in [5, 5.41) is 4.32. The molecule has 1 aliphatic heterocycles. The van der Waals surface area contributed by atoms with Gasteiger partial charge in [0.15, 0.2) is 0 Å². The molecule has 6 heteroatoms. The van der Waals surface area contributed by atoms with Crippen LogP contribution < -0.4 is 5.73 Å². The Labute approximate surface area is 126 Å². The molecule has 1 saturated heterocycles. The number of likely N-dealkylation sites (tertiary alicyclic amines) is 1. The number of carbonyl (C=O) groups excluding carboxylic acids is 1. The molecule has 118 valence electrons. The van der Waals surface area contributed by atoms with E-state index in [9.17, 15) is 4.79 Å². The lowest BCUT2D eigenvalue weighted by molar-refractivity contribution is 0.00841. The van der Waals surface area contributed by atoms with E-state index in [0.29, 0.717) is 6.54 Å². The van der Waals surface area contributed by atoms with Crippen molar-refractivity contribution in [1.29, 1.82) is 0 Å². The zero-order chi connectivity index (χ0) is 15.4. The van der Waals surface area contributed by atoms with Crippen LogP contribution in [0.3, 0.4) is 0 Å². The van der Waals surface area contributed by atoms with Gasteiger partial charge in [-0.3, -0.25) is 9.48 Å². The summed E-state index contributed by atoms with van der Waals surface area (Å²) in [5.74, 6) is 0.0958. The standard InChI is InChI=1S/C15H26N4O2/c1-11-14(12(2)18(3)17-11)15(20)19-8-5-13(6-9-19)21-10-4-7-16/h13H,4-10,16H2,1-3H3. The molecule has 0 aliphatic carbocycles. The second-order valence-corrected chi connectivity index (χ2v) is 5.67. The Hall–Kier alpha value is -1.40. The topological polar surface area (TPSA) is 73.4 Å². The first-order valence-electron chi connectivity index (χ1n) is 7.65. The lowest BCUT2D eigenvalue weighted by Crippen LogP contribution is -2.41. The van der Waals surface area contributed by atoms with Crippen LogP contribution in [0, 0.1) is 13.8 Å². The minimum Gasteiger partial charge on any atom is -0.378 e. The van der Waals surface area contributed by atoms with Gasteiger partial charge in [-0.2, -0.15) is 5.10 Å². The number of amides is 1. The number of rotatable bonds is 5. The van der Waals surface area contributed by atoms with Crippen molar-refractivity contribution in [3.05, 3.63) is 17.0 Å². The number of piperidine rings is 1. The highest BCUT2D eigenvalue weighted by Gasteiger charge is 2.27. The first-order chi connectivity index (χ1) is 10.0. The molecule has 1 aliphatic rings. The quantitative estimate of drug-likeness (QED) is 0.823. The molecular formula is C15H26N4O2. The maximum Gasteiger partial charge on any atom is 0.257 e. The molecule has 0 unspecified atom stereocenters. The van der Waals surface area contributed by atoms with E-state index in [2.05, 4.69) is 5.10 Å². The molecule has 2 N–H and O–H groups in total. The highest BCUT2D eigenvalue weighted by Crippen LogP contribution is 2.20. The summed E-state index contributed by atoms with van der Waals surface area (Å²) >= 11 is 0. The van der Waals surface area contributed by atoms with Crippen molar-refractivity contribution in [3.63, 3.8) is 0 Å². The van der Waals surface area contributed by atoms with Crippen molar-refractivity contribution in [2.24, 2.45) is 12.8 Å². The van der Waals surface area contributed by atoms with Crippen LogP contribution in [-0.4, -0.2) is 52.9 Å². The van der Waals surface area contributed by atoms with Crippen molar-refractivity contribution in [1.82, 2.24) is 14.7 Å². The molecule has 21 heavy (non-hydrogen) atoms. The van der Waals surface area contributed by atoms with Crippen molar-refractivity contribution in [2.45, 2.75) is 39.2 Å². The second kappa shape index (κ2) is 7.04. The number of ether oxygens (including phenoxy) is 1. The van der Waals surface area contributed by atoms with Crippen LogP contribution in [0.1, 0.15) is 41.0 Å². The zero-order valence-electron chi connectivity index (χ0n) is 13.3. The molecule has 0 saturated carbocycles. The largest absolute Gasteiger partial charge is 0.378 e. The van der Waals surface area contributed by atoms with Gasteiger partial charge in [0.05, 0.1) is 17.4 Å². The van der Waals surface area contributed by atoms with Gasteiger partial charge in [0.2, 0.25) is 0 Å². The molecule has 1 fully saturated rings. The normalized spacial score (nSPS) is 16.5. The summed E-state index contributed by atoms with van der Waals surface area (Å²) in [7, 11) is 1.87. The average Bonchev–Trinajstić information content (AvgIpc) is 2.72. The molecule has 0 aromatic carbocycles. The number of hydrogen-bond acceptors (Lipinski definition) is 4. The average molecular weight is 294 g/mol. The van der Waals surface area contributed by atoms with E-state index in [1.165, 1.54) is 0 Å². The third kappa shape index (κ3) is 3.63. The van der Waals surface area contributed by atoms with Crippen LogP contribution in [0.5, 0.6) is 0 Å². The van der Waals surface area contributed by atoms with E-state index in [1.807, 2.05) is 25.8 Å². The Balaban J connectivity index is 1.91. The lowest BCUT2D eigenvalue weighted by atomic mass is 10.1. The molecule has 0 spiro atoms. The summed E-state index contributed by atoms with van der Waals surface area (Å²) in [4.78, 5) is 14.6. The SMILES string of the molecule is Cc1nn(C)c(C)c1C(=O)N1CCC(OCCCN)CC1. The maximum absolute atomic E-state index is 12.6. The fourth-order valence-corrected chi connectivity index (χ4v) is 2.80. The lowest BCUT2D eigenvalue weighted by Gasteiger charge is -2.32. The molecule has 0 bridgehead atoms. The van der Waals surface area contributed by atoms with Gasteiger partial charge in [-0.25, -0.2) is 0 Å². The molecule has 2 rings (SSSR count). The molecule has 6 nitrogen and oxygen atoms in total. The van der Waals surface area contributed by atoms with Gasteiger partial charge < -0.3 is 15.4 Å². The van der Waals surface area contributed by atoms with Crippen molar-refractivity contribution >= 4 is 5.91 Å². The van der Waals surface area contributed by atoms with Crippen molar-refractivity contribution in [2.75, 3.05) is 26.2 Å². The minimum atomic E-state index is 0.0958. The second-order valence-electron chi connectivity index (χ2n) is 5.67. The molecule has 1 aromatic rings. The number of nitrogens with zero attached hydrogens (tertiary/aromatic N) is 3. The van der Waals surface area contributed by atoms with E-state index in [-0.39, 0.29) is 12.0 Å². The summed E-state index contributed by atoms with van der Waals surface area (Å²) in [6.07, 6.45) is 2.95. The van der Waals surface area contributed by atoms with Crippen LogP contribution in [-0.2, 0) is 11.8 Å². The number of carbonyl (C=O) groups is 1. The van der Waals surface area contributed by atoms with Crippen LogP contribution in [0.15, 0.2) is 0 Å². The van der Waals surface area contributed by atoms with E-state index in [1.54, 1.807) is 4.68 Å². The van der Waals surface area contributed by atoms with Crippen LogP contribution in [0.4, 0.5) is 0 Å². The fourth-order valence-electron chi connectivity index (χ4n) is 2.80. The Morgan fingerprint density at radius 3 is 2.57 bits per heavy atom. The molecule has 0 radical (unpaired) electrons. The van der Waals surface area contributed by atoms with Gasteiger partial charge >= 0.3 is 0 Å².